The summed E-state index contributed by atoms with van der Waals surface area (Å²) in [5.74, 6) is 0.949. The number of ether oxygens (including phenoxy) is 1. The summed E-state index contributed by atoms with van der Waals surface area (Å²) in [6.07, 6.45) is 1.88. The van der Waals surface area contributed by atoms with Gasteiger partial charge in [0, 0.05) is 22.2 Å². The lowest BCUT2D eigenvalue weighted by Crippen LogP contribution is -2.32. The van der Waals surface area contributed by atoms with Gasteiger partial charge >= 0.3 is 0 Å². The molecule has 0 aliphatic carbocycles. The van der Waals surface area contributed by atoms with Gasteiger partial charge in [0.05, 0.1) is 10.6 Å². The molecule has 4 nitrogen and oxygen atoms in total. The molecule has 1 saturated heterocycles. The van der Waals surface area contributed by atoms with E-state index in [0.29, 0.717) is 44.9 Å². The van der Waals surface area contributed by atoms with E-state index in [4.69, 9.17) is 32.9 Å². The third-order valence-corrected chi connectivity index (χ3v) is 6.51. The van der Waals surface area contributed by atoms with Crippen LogP contribution in [0.5, 0.6) is 5.75 Å². The van der Waals surface area contributed by atoms with Crippen LogP contribution in [0.3, 0.4) is 0 Å². The summed E-state index contributed by atoms with van der Waals surface area (Å²) in [5, 5.41) is 1.99. The predicted octanol–water partition coefficient (Wildman–Crippen LogP) is 7.83. The van der Waals surface area contributed by atoms with Crippen LogP contribution in [0.15, 0.2) is 82.7 Å². The van der Waals surface area contributed by atoms with Crippen molar-refractivity contribution >= 4 is 57.8 Å². The number of rotatable bonds is 7. The number of amidine groups is 1. The van der Waals surface area contributed by atoms with Gasteiger partial charge in [0.25, 0.3) is 5.91 Å². The Kier molecular flexibility index (Phi) is 7.99. The summed E-state index contributed by atoms with van der Waals surface area (Å²) in [5.41, 5.74) is 2.60. The van der Waals surface area contributed by atoms with E-state index < -0.39 is 0 Å². The minimum atomic E-state index is -0.0566. The third kappa shape index (κ3) is 6.23. The molecule has 0 aromatic heterocycles. The number of carbonyl (C=O) groups excluding carboxylic acids is 1. The smallest absolute Gasteiger partial charge is 0.266 e. The third-order valence-electron chi connectivity index (χ3n) is 5.00. The summed E-state index contributed by atoms with van der Waals surface area (Å²) in [7, 11) is 0. The van der Waals surface area contributed by atoms with Crippen LogP contribution in [0, 0.1) is 5.92 Å². The van der Waals surface area contributed by atoms with E-state index >= 15 is 0 Å². The second kappa shape index (κ2) is 11.1. The number of halogens is 2. The molecule has 0 spiro atoms. The van der Waals surface area contributed by atoms with E-state index in [2.05, 4.69) is 13.8 Å². The van der Waals surface area contributed by atoms with Crippen LogP contribution < -0.4 is 4.74 Å². The van der Waals surface area contributed by atoms with Crippen molar-refractivity contribution in [3.63, 3.8) is 0 Å². The fourth-order valence-corrected chi connectivity index (χ4v) is 4.61. The predicted molar refractivity (Wildman–Crippen MR) is 143 cm³/mol. The van der Waals surface area contributed by atoms with Gasteiger partial charge in [-0.3, -0.25) is 9.69 Å². The number of benzene rings is 3. The molecule has 0 atom stereocenters. The molecule has 1 heterocycles. The normalized spacial score (nSPS) is 16.1. The molecule has 0 N–H and O–H groups in total. The van der Waals surface area contributed by atoms with Gasteiger partial charge in [0.1, 0.15) is 12.4 Å². The first-order chi connectivity index (χ1) is 16.4. The Morgan fingerprint density at radius 1 is 0.971 bits per heavy atom. The lowest BCUT2D eigenvalue weighted by atomic mass is 10.1. The van der Waals surface area contributed by atoms with Crippen molar-refractivity contribution in [2.75, 3.05) is 6.54 Å². The Morgan fingerprint density at radius 2 is 1.62 bits per heavy atom. The van der Waals surface area contributed by atoms with Gasteiger partial charge in [-0.25, -0.2) is 4.99 Å². The molecule has 34 heavy (non-hydrogen) atoms. The maximum atomic E-state index is 13.3. The topological polar surface area (TPSA) is 41.9 Å². The number of amides is 1. The summed E-state index contributed by atoms with van der Waals surface area (Å²) in [6.45, 7) is 5.16. The van der Waals surface area contributed by atoms with Gasteiger partial charge < -0.3 is 4.74 Å². The van der Waals surface area contributed by atoms with Crippen LogP contribution in [0.2, 0.25) is 10.0 Å². The molecule has 0 unspecified atom stereocenters. The van der Waals surface area contributed by atoms with Gasteiger partial charge in [0.2, 0.25) is 0 Å². The highest BCUT2D eigenvalue weighted by atomic mass is 35.5. The minimum absolute atomic E-state index is 0.0566. The number of nitrogens with zero attached hydrogens (tertiary/aromatic N) is 2. The molecule has 0 bridgehead atoms. The van der Waals surface area contributed by atoms with Gasteiger partial charge in [-0.05, 0) is 71.8 Å². The van der Waals surface area contributed by atoms with Gasteiger partial charge in [-0.2, -0.15) is 0 Å². The lowest BCUT2D eigenvalue weighted by molar-refractivity contribution is -0.122. The van der Waals surface area contributed by atoms with Gasteiger partial charge in [-0.15, -0.1) is 0 Å². The Morgan fingerprint density at radius 3 is 2.29 bits per heavy atom. The highest BCUT2D eigenvalue weighted by Gasteiger charge is 2.34. The zero-order valence-corrected chi connectivity index (χ0v) is 21.2. The fraction of sp³-hybridized carbons (Fsp3) is 0.185. The largest absolute Gasteiger partial charge is 0.488 e. The van der Waals surface area contributed by atoms with Gasteiger partial charge in [-0.1, -0.05) is 67.4 Å². The van der Waals surface area contributed by atoms with Crippen molar-refractivity contribution in [3.8, 4) is 5.75 Å². The van der Waals surface area contributed by atoms with Gasteiger partial charge in [0.15, 0.2) is 5.17 Å². The molecular formula is C27H24Cl2N2O2S. The molecule has 1 aliphatic heterocycles. The number of thioether (sulfide) groups is 1. The quantitative estimate of drug-likeness (QED) is 0.304. The van der Waals surface area contributed by atoms with Crippen molar-refractivity contribution in [1.82, 2.24) is 4.90 Å². The van der Waals surface area contributed by atoms with E-state index in [1.165, 1.54) is 11.8 Å². The SMILES string of the molecule is CC(C)CN1C(=O)/C(=C/c2ccccc2OCc2ccc(Cl)cc2)SC1=Nc1ccc(Cl)cc1. The maximum absolute atomic E-state index is 13.3. The second-order valence-electron chi connectivity index (χ2n) is 8.24. The van der Waals surface area contributed by atoms with E-state index in [-0.39, 0.29) is 5.91 Å². The number of hydrogen-bond acceptors (Lipinski definition) is 4. The van der Waals surface area contributed by atoms with Crippen molar-refractivity contribution < 1.29 is 9.53 Å². The Bertz CT molecular complexity index is 1220. The summed E-state index contributed by atoms with van der Waals surface area (Å²) < 4.78 is 6.07. The van der Waals surface area contributed by atoms with Crippen LogP contribution in [0.4, 0.5) is 5.69 Å². The molecule has 0 radical (unpaired) electrons. The van der Waals surface area contributed by atoms with E-state index in [9.17, 15) is 4.79 Å². The number of para-hydroxylation sites is 1. The maximum Gasteiger partial charge on any atom is 0.266 e. The lowest BCUT2D eigenvalue weighted by Gasteiger charge is -2.17. The van der Waals surface area contributed by atoms with Crippen LogP contribution in [0.1, 0.15) is 25.0 Å². The first kappa shape index (κ1) is 24.4. The van der Waals surface area contributed by atoms with Crippen molar-refractivity contribution in [2.24, 2.45) is 10.9 Å². The average molecular weight is 511 g/mol. The Balaban J connectivity index is 1.60. The number of aliphatic imine (C=N–C) groups is 1. The van der Waals surface area contributed by atoms with Crippen LogP contribution in [-0.4, -0.2) is 22.5 Å². The molecule has 3 aromatic rings. The van der Waals surface area contributed by atoms with E-state index in [1.54, 1.807) is 17.0 Å². The summed E-state index contributed by atoms with van der Waals surface area (Å²) in [6, 6.07) is 22.5. The molecule has 1 aliphatic rings. The molecule has 0 saturated carbocycles. The zero-order chi connectivity index (χ0) is 24.1. The molecular weight excluding hydrogens is 487 g/mol. The van der Waals surface area contributed by atoms with Crippen LogP contribution in [-0.2, 0) is 11.4 Å². The Hall–Kier alpha value is -2.73. The number of hydrogen-bond donors (Lipinski definition) is 0. The molecule has 1 fully saturated rings. The van der Waals surface area contributed by atoms with Crippen LogP contribution >= 0.6 is 35.0 Å². The molecule has 174 valence electrons. The van der Waals surface area contributed by atoms with Crippen molar-refractivity contribution in [1.29, 1.82) is 0 Å². The highest BCUT2D eigenvalue weighted by Crippen LogP contribution is 2.36. The first-order valence-corrected chi connectivity index (χ1v) is 12.5. The average Bonchev–Trinajstić information content (AvgIpc) is 3.09. The summed E-state index contributed by atoms with van der Waals surface area (Å²) in [4.78, 5) is 20.4. The Labute approximate surface area is 214 Å². The molecule has 7 heteroatoms. The standard InChI is InChI=1S/C27H24Cl2N2O2S/c1-18(2)16-31-26(32)25(34-27(31)30-23-13-11-22(29)12-14-23)15-20-5-3-4-6-24(20)33-17-19-7-9-21(28)10-8-19/h3-15,18H,16-17H2,1-2H3/b25-15-,30-27?. The fourth-order valence-electron chi connectivity index (χ4n) is 3.36. The van der Waals surface area contributed by atoms with E-state index in [0.717, 1.165) is 16.8 Å². The number of carbonyl (C=O) groups is 1. The first-order valence-electron chi connectivity index (χ1n) is 10.9. The monoisotopic (exact) mass is 510 g/mol. The zero-order valence-electron chi connectivity index (χ0n) is 18.9. The summed E-state index contributed by atoms with van der Waals surface area (Å²) >= 11 is 13.3. The highest BCUT2D eigenvalue weighted by molar-refractivity contribution is 8.18. The molecule has 1 amide bonds. The minimum Gasteiger partial charge on any atom is -0.488 e. The molecule has 4 rings (SSSR count). The molecule has 3 aromatic carbocycles. The van der Waals surface area contributed by atoms with Crippen molar-refractivity contribution in [2.45, 2.75) is 20.5 Å². The van der Waals surface area contributed by atoms with Crippen molar-refractivity contribution in [3.05, 3.63) is 98.9 Å². The van der Waals surface area contributed by atoms with Crippen LogP contribution in [0.25, 0.3) is 6.08 Å². The van der Waals surface area contributed by atoms with E-state index in [1.807, 2.05) is 66.7 Å². The second-order valence-corrected chi connectivity index (χ2v) is 10.1.